The van der Waals surface area contributed by atoms with E-state index in [1.807, 2.05) is 38.1 Å². The maximum atomic E-state index is 12.5. The summed E-state index contributed by atoms with van der Waals surface area (Å²) in [4.78, 5) is 12.5. The maximum Gasteiger partial charge on any atom is 0.267 e. The number of amides is 1. The molecule has 134 valence electrons. The molecule has 0 aliphatic carbocycles. The van der Waals surface area contributed by atoms with Crippen LogP contribution in [0.25, 0.3) is 0 Å². The first-order valence-corrected chi connectivity index (χ1v) is 8.99. The van der Waals surface area contributed by atoms with Crippen LogP contribution in [0.1, 0.15) is 25.0 Å². The molecule has 6 heteroatoms. The summed E-state index contributed by atoms with van der Waals surface area (Å²) in [5.74, 6) is -0.469. The van der Waals surface area contributed by atoms with Crippen LogP contribution in [0.4, 0.5) is 11.4 Å². The molecule has 0 aliphatic rings. The first kappa shape index (κ1) is 19.8. The van der Waals surface area contributed by atoms with E-state index in [0.29, 0.717) is 15.7 Å². The normalized spacial score (nSPS) is 11.0. The van der Waals surface area contributed by atoms with E-state index in [1.165, 1.54) is 6.20 Å². The van der Waals surface area contributed by atoms with Gasteiger partial charge in [0.05, 0.1) is 0 Å². The van der Waals surface area contributed by atoms with Crippen molar-refractivity contribution in [3.8, 4) is 6.07 Å². The van der Waals surface area contributed by atoms with E-state index in [4.69, 9.17) is 23.2 Å². The van der Waals surface area contributed by atoms with Crippen LogP contribution in [0, 0.1) is 11.3 Å². The third-order valence-electron chi connectivity index (χ3n) is 3.85. The van der Waals surface area contributed by atoms with Crippen molar-refractivity contribution < 1.29 is 4.79 Å². The molecule has 0 bridgehead atoms. The van der Waals surface area contributed by atoms with Gasteiger partial charge < -0.3 is 10.6 Å². The molecule has 2 rings (SSSR count). The van der Waals surface area contributed by atoms with Crippen LogP contribution in [0.2, 0.25) is 10.0 Å². The number of halogens is 2. The molecule has 0 unspecified atom stereocenters. The van der Waals surface area contributed by atoms with Crippen LogP contribution < -0.4 is 10.6 Å². The van der Waals surface area contributed by atoms with Crippen LogP contribution in [0.15, 0.2) is 48.2 Å². The second-order valence-electron chi connectivity index (χ2n) is 5.58. The third-order valence-corrected chi connectivity index (χ3v) is 4.28. The molecule has 0 saturated carbocycles. The van der Waals surface area contributed by atoms with Gasteiger partial charge in [-0.3, -0.25) is 4.79 Å². The van der Waals surface area contributed by atoms with Gasteiger partial charge >= 0.3 is 0 Å². The summed E-state index contributed by atoms with van der Waals surface area (Å²) in [6, 6.07) is 12.7. The molecule has 0 aliphatic heterocycles. The summed E-state index contributed by atoms with van der Waals surface area (Å²) in [7, 11) is 0. The fourth-order valence-electron chi connectivity index (χ4n) is 2.53. The van der Waals surface area contributed by atoms with E-state index in [2.05, 4.69) is 10.6 Å². The van der Waals surface area contributed by atoms with E-state index in [-0.39, 0.29) is 5.57 Å². The van der Waals surface area contributed by atoms with E-state index >= 15 is 0 Å². The minimum atomic E-state index is -0.469. The average molecular weight is 388 g/mol. The standard InChI is InChI=1S/C20H19Cl2N3O/c1-3-13-6-5-7-14(4-2)19(13)25-20(26)15(11-23)12-24-18-9-16(21)8-17(22)10-18/h5-10,12,24H,3-4H2,1-2H3,(H,25,26)/b15-12-. The fourth-order valence-corrected chi connectivity index (χ4v) is 3.05. The number of carbonyl (C=O) groups excluding carboxylic acids is 1. The van der Waals surface area contributed by atoms with Gasteiger partial charge in [-0.25, -0.2) is 0 Å². The molecule has 0 radical (unpaired) electrons. The lowest BCUT2D eigenvalue weighted by atomic mass is 10.0. The summed E-state index contributed by atoms with van der Waals surface area (Å²) in [6.07, 6.45) is 2.92. The topological polar surface area (TPSA) is 64.9 Å². The number of nitrogens with zero attached hydrogens (tertiary/aromatic N) is 1. The second kappa shape index (κ2) is 9.28. The molecule has 0 aromatic heterocycles. The highest BCUT2D eigenvalue weighted by Gasteiger charge is 2.14. The van der Waals surface area contributed by atoms with Gasteiger partial charge in [0.25, 0.3) is 5.91 Å². The molecule has 1 amide bonds. The first-order chi connectivity index (χ1) is 12.5. The Kier molecular flexibility index (Phi) is 7.08. The number of anilines is 2. The van der Waals surface area contributed by atoms with Crippen molar-refractivity contribution in [1.82, 2.24) is 0 Å². The van der Waals surface area contributed by atoms with Crippen molar-refractivity contribution in [2.24, 2.45) is 0 Å². The zero-order valence-electron chi connectivity index (χ0n) is 14.6. The SMILES string of the molecule is CCc1cccc(CC)c1NC(=O)/C(C#N)=C\Nc1cc(Cl)cc(Cl)c1. The average Bonchev–Trinajstić information content (AvgIpc) is 2.61. The fraction of sp³-hybridized carbons (Fsp3) is 0.200. The monoisotopic (exact) mass is 387 g/mol. The Bertz CT molecular complexity index is 843. The summed E-state index contributed by atoms with van der Waals surface area (Å²) in [6.45, 7) is 4.05. The van der Waals surface area contributed by atoms with E-state index in [9.17, 15) is 10.1 Å². The second-order valence-corrected chi connectivity index (χ2v) is 6.46. The van der Waals surface area contributed by atoms with Crippen LogP contribution in [0.5, 0.6) is 0 Å². The number of hydrogen-bond donors (Lipinski definition) is 2. The van der Waals surface area contributed by atoms with Crippen molar-refractivity contribution in [3.05, 3.63) is 69.3 Å². The lowest BCUT2D eigenvalue weighted by Crippen LogP contribution is -2.17. The molecule has 26 heavy (non-hydrogen) atoms. The van der Waals surface area contributed by atoms with Crippen LogP contribution >= 0.6 is 23.2 Å². The predicted octanol–water partition coefficient (Wildman–Crippen LogP) is 5.58. The minimum Gasteiger partial charge on any atom is -0.360 e. The number of rotatable bonds is 6. The van der Waals surface area contributed by atoms with Gasteiger partial charge in [0.2, 0.25) is 0 Å². The summed E-state index contributed by atoms with van der Waals surface area (Å²) < 4.78 is 0. The third kappa shape index (κ3) is 5.01. The highest BCUT2D eigenvalue weighted by Crippen LogP contribution is 2.24. The Labute approximate surface area is 163 Å². The van der Waals surface area contributed by atoms with Gasteiger partial charge in [-0.1, -0.05) is 55.2 Å². The minimum absolute atomic E-state index is 0.0472. The maximum absolute atomic E-state index is 12.5. The van der Waals surface area contributed by atoms with Crippen molar-refractivity contribution in [1.29, 1.82) is 5.26 Å². The summed E-state index contributed by atoms with van der Waals surface area (Å²) in [5, 5.41) is 16.0. The van der Waals surface area contributed by atoms with Crippen LogP contribution in [0.3, 0.4) is 0 Å². The summed E-state index contributed by atoms with van der Waals surface area (Å²) >= 11 is 11.9. The number of para-hydroxylation sites is 1. The van der Waals surface area contributed by atoms with Gasteiger partial charge in [0, 0.05) is 27.6 Å². The lowest BCUT2D eigenvalue weighted by molar-refractivity contribution is -0.112. The number of benzene rings is 2. The lowest BCUT2D eigenvalue weighted by Gasteiger charge is -2.14. The molecule has 0 fully saturated rings. The molecule has 2 aromatic carbocycles. The quantitative estimate of drug-likeness (QED) is 0.502. The van der Waals surface area contributed by atoms with Gasteiger partial charge in [-0.15, -0.1) is 0 Å². The predicted molar refractivity (Wildman–Crippen MR) is 108 cm³/mol. The molecular weight excluding hydrogens is 369 g/mol. The Hall–Kier alpha value is -2.48. The summed E-state index contributed by atoms with van der Waals surface area (Å²) in [5.41, 5.74) is 3.38. The van der Waals surface area contributed by atoms with Crippen molar-refractivity contribution >= 4 is 40.5 Å². The first-order valence-electron chi connectivity index (χ1n) is 8.23. The largest absolute Gasteiger partial charge is 0.360 e. The smallest absolute Gasteiger partial charge is 0.267 e. The van der Waals surface area contributed by atoms with Crippen molar-refractivity contribution in [3.63, 3.8) is 0 Å². The van der Waals surface area contributed by atoms with Crippen LogP contribution in [-0.2, 0) is 17.6 Å². The molecule has 4 nitrogen and oxygen atoms in total. The van der Waals surface area contributed by atoms with Gasteiger partial charge in [0.15, 0.2) is 0 Å². The molecule has 0 saturated heterocycles. The van der Waals surface area contributed by atoms with Gasteiger partial charge in [-0.2, -0.15) is 5.26 Å². The van der Waals surface area contributed by atoms with Crippen molar-refractivity contribution in [2.75, 3.05) is 10.6 Å². The number of nitrogens with one attached hydrogen (secondary N) is 2. The highest BCUT2D eigenvalue weighted by molar-refractivity contribution is 6.35. The van der Waals surface area contributed by atoms with E-state index in [1.54, 1.807) is 18.2 Å². The number of nitriles is 1. The Morgan fingerprint density at radius 1 is 1.12 bits per heavy atom. The molecule has 0 atom stereocenters. The number of aryl methyl sites for hydroxylation is 2. The highest BCUT2D eigenvalue weighted by atomic mass is 35.5. The molecule has 2 N–H and O–H groups in total. The molecular formula is C20H19Cl2N3O. The Morgan fingerprint density at radius 2 is 1.69 bits per heavy atom. The Balaban J connectivity index is 2.23. The molecule has 2 aromatic rings. The van der Waals surface area contributed by atoms with Gasteiger partial charge in [-0.05, 0) is 42.2 Å². The Morgan fingerprint density at radius 3 is 2.19 bits per heavy atom. The number of hydrogen-bond acceptors (Lipinski definition) is 3. The molecule has 0 spiro atoms. The van der Waals surface area contributed by atoms with Crippen molar-refractivity contribution in [2.45, 2.75) is 26.7 Å². The molecule has 0 heterocycles. The van der Waals surface area contributed by atoms with Crippen LogP contribution in [-0.4, -0.2) is 5.91 Å². The van der Waals surface area contributed by atoms with E-state index in [0.717, 1.165) is 29.7 Å². The van der Waals surface area contributed by atoms with Gasteiger partial charge in [0.1, 0.15) is 11.6 Å². The zero-order valence-corrected chi connectivity index (χ0v) is 16.1. The zero-order chi connectivity index (χ0) is 19.1. The number of carbonyl (C=O) groups is 1. The van der Waals surface area contributed by atoms with E-state index < -0.39 is 5.91 Å².